The number of halogens is 1. The van der Waals surface area contributed by atoms with Crippen molar-refractivity contribution in [1.82, 2.24) is 0 Å². The summed E-state index contributed by atoms with van der Waals surface area (Å²) in [7, 11) is 0. The van der Waals surface area contributed by atoms with Gasteiger partial charge in [-0.15, -0.1) is 0 Å². The van der Waals surface area contributed by atoms with Crippen LogP contribution in [-0.4, -0.2) is 19.6 Å². The zero-order valence-corrected chi connectivity index (χ0v) is 8.67. The number of aryl methyl sites for hydroxylation is 1. The maximum absolute atomic E-state index is 9.96. The molecular weight excluding hydrogens is 202 g/mol. The molecule has 3 nitrogen and oxygen atoms in total. The molecule has 0 aliphatic heterocycles. The molecule has 0 amide bonds. The number of carbonyl (C=O) groups excluding carboxylic acids is 1. The Morgan fingerprint density at radius 3 is 3.00 bits per heavy atom. The zero-order valence-electron chi connectivity index (χ0n) is 7.92. The van der Waals surface area contributed by atoms with Crippen LogP contribution in [0.15, 0.2) is 18.2 Å². The SMILES string of the molecule is Cc1cc(Cl)ccc1NCOCC=O. The van der Waals surface area contributed by atoms with Crippen LogP contribution < -0.4 is 5.32 Å². The van der Waals surface area contributed by atoms with E-state index in [-0.39, 0.29) is 6.61 Å². The van der Waals surface area contributed by atoms with Crippen molar-refractivity contribution in [2.75, 3.05) is 18.7 Å². The average Bonchev–Trinajstić information content (AvgIpc) is 2.15. The Morgan fingerprint density at radius 1 is 1.57 bits per heavy atom. The van der Waals surface area contributed by atoms with E-state index >= 15 is 0 Å². The van der Waals surface area contributed by atoms with Crippen LogP contribution in [0.3, 0.4) is 0 Å². The van der Waals surface area contributed by atoms with Gasteiger partial charge < -0.3 is 14.8 Å². The van der Waals surface area contributed by atoms with Crippen LogP contribution >= 0.6 is 11.6 Å². The Hall–Kier alpha value is -1.06. The minimum Gasteiger partial charge on any atom is -0.362 e. The molecule has 0 aliphatic carbocycles. The molecule has 76 valence electrons. The second-order valence-electron chi connectivity index (χ2n) is 2.82. The van der Waals surface area contributed by atoms with Crippen LogP contribution in [0.2, 0.25) is 5.02 Å². The van der Waals surface area contributed by atoms with Crippen molar-refractivity contribution in [2.45, 2.75) is 6.92 Å². The van der Waals surface area contributed by atoms with E-state index in [2.05, 4.69) is 5.32 Å². The third kappa shape index (κ3) is 3.36. The van der Waals surface area contributed by atoms with Gasteiger partial charge in [-0.1, -0.05) is 11.6 Å². The lowest BCUT2D eigenvalue weighted by Crippen LogP contribution is -2.08. The molecule has 1 aromatic rings. The van der Waals surface area contributed by atoms with E-state index in [0.717, 1.165) is 17.5 Å². The molecular formula is C10H12ClNO2. The summed E-state index contributed by atoms with van der Waals surface area (Å²) in [5.41, 5.74) is 2.01. The molecule has 0 bridgehead atoms. The van der Waals surface area contributed by atoms with Crippen molar-refractivity contribution in [2.24, 2.45) is 0 Å². The first-order valence-corrected chi connectivity index (χ1v) is 4.63. The fourth-order valence-corrected chi connectivity index (χ4v) is 1.29. The van der Waals surface area contributed by atoms with Crippen LogP contribution in [0.5, 0.6) is 0 Å². The zero-order chi connectivity index (χ0) is 10.4. The fourth-order valence-electron chi connectivity index (χ4n) is 1.06. The number of carbonyl (C=O) groups is 1. The highest BCUT2D eigenvalue weighted by molar-refractivity contribution is 6.30. The Bertz CT molecular complexity index is 315. The van der Waals surface area contributed by atoms with Gasteiger partial charge in [-0.25, -0.2) is 0 Å². The third-order valence-electron chi connectivity index (χ3n) is 1.74. The van der Waals surface area contributed by atoms with Crippen molar-refractivity contribution in [3.8, 4) is 0 Å². The van der Waals surface area contributed by atoms with Crippen molar-refractivity contribution >= 4 is 23.6 Å². The molecule has 0 radical (unpaired) electrons. The van der Waals surface area contributed by atoms with Crippen LogP contribution in [0.25, 0.3) is 0 Å². The lowest BCUT2D eigenvalue weighted by molar-refractivity contribution is -0.111. The van der Waals surface area contributed by atoms with Crippen LogP contribution in [0.1, 0.15) is 5.56 Å². The quantitative estimate of drug-likeness (QED) is 0.463. The highest BCUT2D eigenvalue weighted by Gasteiger charge is 1.97. The van der Waals surface area contributed by atoms with E-state index in [4.69, 9.17) is 16.3 Å². The molecule has 0 aliphatic rings. The van der Waals surface area contributed by atoms with Crippen molar-refractivity contribution in [1.29, 1.82) is 0 Å². The van der Waals surface area contributed by atoms with Gasteiger partial charge in [-0.2, -0.15) is 0 Å². The van der Waals surface area contributed by atoms with Gasteiger partial charge in [-0.3, -0.25) is 0 Å². The molecule has 0 heterocycles. The summed E-state index contributed by atoms with van der Waals surface area (Å²) < 4.78 is 4.96. The maximum atomic E-state index is 9.96. The summed E-state index contributed by atoms with van der Waals surface area (Å²) in [6.07, 6.45) is 0.719. The molecule has 0 saturated carbocycles. The number of hydrogen-bond acceptors (Lipinski definition) is 3. The number of aldehydes is 1. The summed E-state index contributed by atoms with van der Waals surface area (Å²) in [5, 5.41) is 3.75. The minimum absolute atomic E-state index is 0.111. The largest absolute Gasteiger partial charge is 0.362 e. The van der Waals surface area contributed by atoms with Gasteiger partial charge in [0.25, 0.3) is 0 Å². The first-order valence-electron chi connectivity index (χ1n) is 4.25. The van der Waals surface area contributed by atoms with Gasteiger partial charge in [0.05, 0.1) is 0 Å². The van der Waals surface area contributed by atoms with E-state index in [1.807, 2.05) is 19.1 Å². The topological polar surface area (TPSA) is 38.3 Å². The van der Waals surface area contributed by atoms with Gasteiger partial charge in [0.2, 0.25) is 0 Å². The number of nitrogens with one attached hydrogen (secondary N) is 1. The third-order valence-corrected chi connectivity index (χ3v) is 1.97. The van der Waals surface area contributed by atoms with E-state index in [1.165, 1.54) is 0 Å². The van der Waals surface area contributed by atoms with Gasteiger partial charge >= 0.3 is 0 Å². The predicted octanol–water partition coefficient (Wildman–Crippen LogP) is 2.23. The smallest absolute Gasteiger partial charge is 0.145 e. The molecule has 1 rings (SSSR count). The number of hydrogen-bond donors (Lipinski definition) is 1. The van der Waals surface area contributed by atoms with Gasteiger partial charge in [-0.05, 0) is 30.7 Å². The van der Waals surface area contributed by atoms with E-state index in [1.54, 1.807) is 6.07 Å². The van der Waals surface area contributed by atoms with E-state index in [9.17, 15) is 4.79 Å². The Labute approximate surface area is 88.0 Å². The molecule has 0 unspecified atom stereocenters. The normalized spacial score (nSPS) is 9.86. The van der Waals surface area contributed by atoms with Crippen molar-refractivity contribution < 1.29 is 9.53 Å². The van der Waals surface area contributed by atoms with Crippen LogP contribution in [-0.2, 0) is 9.53 Å². The van der Waals surface area contributed by atoms with Crippen molar-refractivity contribution in [3.63, 3.8) is 0 Å². The molecule has 0 atom stereocenters. The van der Waals surface area contributed by atoms with E-state index in [0.29, 0.717) is 11.8 Å². The Morgan fingerprint density at radius 2 is 2.36 bits per heavy atom. The van der Waals surface area contributed by atoms with E-state index < -0.39 is 0 Å². The predicted molar refractivity (Wildman–Crippen MR) is 56.7 cm³/mol. The maximum Gasteiger partial charge on any atom is 0.145 e. The molecule has 0 aromatic heterocycles. The van der Waals surface area contributed by atoms with Gasteiger partial charge in [0.15, 0.2) is 0 Å². The molecule has 4 heteroatoms. The Kier molecular flexibility index (Phi) is 4.43. The number of rotatable bonds is 5. The second-order valence-corrected chi connectivity index (χ2v) is 3.25. The highest BCUT2D eigenvalue weighted by Crippen LogP contribution is 2.19. The summed E-state index contributed by atoms with van der Waals surface area (Å²) in [6.45, 7) is 2.38. The molecule has 0 spiro atoms. The van der Waals surface area contributed by atoms with Crippen LogP contribution in [0.4, 0.5) is 5.69 Å². The molecule has 14 heavy (non-hydrogen) atoms. The molecule has 0 fully saturated rings. The monoisotopic (exact) mass is 213 g/mol. The number of anilines is 1. The average molecular weight is 214 g/mol. The summed E-state index contributed by atoms with van der Waals surface area (Å²) in [6, 6.07) is 5.54. The lowest BCUT2D eigenvalue weighted by Gasteiger charge is -2.08. The van der Waals surface area contributed by atoms with Crippen LogP contribution in [0, 0.1) is 6.92 Å². The fraction of sp³-hybridized carbons (Fsp3) is 0.300. The minimum atomic E-state index is 0.111. The first kappa shape index (κ1) is 11.0. The van der Waals surface area contributed by atoms with Crippen molar-refractivity contribution in [3.05, 3.63) is 28.8 Å². The molecule has 1 aromatic carbocycles. The summed E-state index contributed by atoms with van der Waals surface area (Å²) in [5.74, 6) is 0. The number of benzene rings is 1. The summed E-state index contributed by atoms with van der Waals surface area (Å²) >= 11 is 5.80. The first-order chi connectivity index (χ1) is 6.74. The second kappa shape index (κ2) is 5.62. The van der Waals surface area contributed by atoms with Gasteiger partial charge in [0.1, 0.15) is 19.6 Å². The number of ether oxygens (including phenoxy) is 1. The standard InChI is InChI=1S/C10H12ClNO2/c1-8-6-9(11)2-3-10(8)12-7-14-5-4-13/h2-4,6,12H,5,7H2,1H3. The van der Waals surface area contributed by atoms with Gasteiger partial charge in [0, 0.05) is 10.7 Å². The summed E-state index contributed by atoms with van der Waals surface area (Å²) in [4.78, 5) is 9.96. The highest BCUT2D eigenvalue weighted by atomic mass is 35.5. The molecule has 0 saturated heterocycles. The lowest BCUT2D eigenvalue weighted by atomic mass is 10.2. The molecule has 1 N–H and O–H groups in total. The Balaban J connectivity index is 2.46.